The van der Waals surface area contributed by atoms with Crippen molar-refractivity contribution in [2.45, 2.75) is 39.3 Å². The zero-order valence-electron chi connectivity index (χ0n) is 12.3. The zero-order valence-corrected chi connectivity index (χ0v) is 13.9. The summed E-state index contributed by atoms with van der Waals surface area (Å²) >= 11 is 3.56. The molecule has 0 atom stereocenters. The second-order valence-corrected chi connectivity index (χ2v) is 6.52. The number of ether oxygens (including phenoxy) is 1. The van der Waals surface area contributed by atoms with Crippen LogP contribution in [0.2, 0.25) is 0 Å². The minimum atomic E-state index is 0.204. The molecule has 0 bridgehead atoms. The number of methoxy groups -OCH3 is 1. The van der Waals surface area contributed by atoms with E-state index in [0.717, 1.165) is 36.3 Å². The molecule has 0 amide bonds. The summed E-state index contributed by atoms with van der Waals surface area (Å²) in [4.78, 5) is 0. The molecule has 19 heavy (non-hydrogen) atoms. The highest BCUT2D eigenvalue weighted by Crippen LogP contribution is 2.22. The van der Waals surface area contributed by atoms with Gasteiger partial charge in [-0.1, -0.05) is 15.9 Å². The van der Waals surface area contributed by atoms with E-state index in [2.05, 4.69) is 53.4 Å². The Morgan fingerprint density at radius 2 is 1.95 bits per heavy atom. The Labute approximate surface area is 125 Å². The molecular formula is C15H25BrN2O. The standard InChI is InChI=1S/C15H25BrN2O/c1-15(2,3)18-9-5-8-17-11-12-10-13(19-4)6-7-14(12)16/h6-7,10,17-18H,5,8-9,11H2,1-4H3. The van der Waals surface area contributed by atoms with Gasteiger partial charge in [-0.3, -0.25) is 0 Å². The maximum atomic E-state index is 5.23. The van der Waals surface area contributed by atoms with Crippen molar-refractivity contribution in [1.29, 1.82) is 0 Å². The van der Waals surface area contributed by atoms with E-state index in [1.54, 1.807) is 7.11 Å². The second kappa shape index (κ2) is 7.88. The van der Waals surface area contributed by atoms with E-state index in [1.807, 2.05) is 12.1 Å². The summed E-state index contributed by atoms with van der Waals surface area (Å²) in [6.45, 7) is 9.46. The predicted molar refractivity (Wildman–Crippen MR) is 84.8 cm³/mol. The average molecular weight is 329 g/mol. The largest absolute Gasteiger partial charge is 0.497 e. The van der Waals surface area contributed by atoms with E-state index in [4.69, 9.17) is 4.74 Å². The highest BCUT2D eigenvalue weighted by atomic mass is 79.9. The van der Waals surface area contributed by atoms with Crippen LogP contribution in [0.15, 0.2) is 22.7 Å². The molecular weight excluding hydrogens is 304 g/mol. The predicted octanol–water partition coefficient (Wildman–Crippen LogP) is 3.33. The lowest BCUT2D eigenvalue weighted by Crippen LogP contribution is -2.37. The van der Waals surface area contributed by atoms with Gasteiger partial charge in [0.25, 0.3) is 0 Å². The van der Waals surface area contributed by atoms with Crippen LogP contribution in [0.25, 0.3) is 0 Å². The van der Waals surface area contributed by atoms with E-state index in [1.165, 1.54) is 5.56 Å². The number of hydrogen-bond donors (Lipinski definition) is 2. The van der Waals surface area contributed by atoms with E-state index < -0.39 is 0 Å². The molecule has 0 aromatic heterocycles. The minimum Gasteiger partial charge on any atom is -0.497 e. The molecule has 1 aromatic rings. The molecule has 108 valence electrons. The molecule has 0 spiro atoms. The molecule has 0 aliphatic heterocycles. The van der Waals surface area contributed by atoms with Crippen LogP contribution in [0.5, 0.6) is 5.75 Å². The van der Waals surface area contributed by atoms with Gasteiger partial charge in [-0.15, -0.1) is 0 Å². The number of hydrogen-bond acceptors (Lipinski definition) is 3. The number of rotatable bonds is 7. The third kappa shape index (κ3) is 6.95. The molecule has 0 unspecified atom stereocenters. The molecule has 2 N–H and O–H groups in total. The van der Waals surface area contributed by atoms with Gasteiger partial charge in [0.15, 0.2) is 0 Å². The van der Waals surface area contributed by atoms with E-state index in [9.17, 15) is 0 Å². The normalized spacial score (nSPS) is 11.6. The number of halogens is 1. The summed E-state index contributed by atoms with van der Waals surface area (Å²) in [6, 6.07) is 6.04. The van der Waals surface area contributed by atoms with Crippen LogP contribution in [0.1, 0.15) is 32.8 Å². The lowest BCUT2D eigenvalue weighted by atomic mass is 10.1. The molecule has 3 nitrogen and oxygen atoms in total. The number of nitrogens with one attached hydrogen (secondary N) is 2. The molecule has 4 heteroatoms. The van der Waals surface area contributed by atoms with Crippen molar-refractivity contribution in [2.24, 2.45) is 0 Å². The van der Waals surface area contributed by atoms with E-state index in [-0.39, 0.29) is 5.54 Å². The first-order valence-corrected chi connectivity index (χ1v) is 7.50. The van der Waals surface area contributed by atoms with Crippen molar-refractivity contribution in [3.8, 4) is 5.75 Å². The Kier molecular flexibility index (Phi) is 6.83. The van der Waals surface area contributed by atoms with E-state index in [0.29, 0.717) is 0 Å². The van der Waals surface area contributed by atoms with Gasteiger partial charge in [0.05, 0.1) is 7.11 Å². The van der Waals surface area contributed by atoms with E-state index >= 15 is 0 Å². The summed E-state index contributed by atoms with van der Waals surface area (Å²) in [5, 5.41) is 6.94. The van der Waals surface area contributed by atoms with Crippen LogP contribution in [-0.2, 0) is 6.54 Å². The van der Waals surface area contributed by atoms with Crippen LogP contribution >= 0.6 is 15.9 Å². The quantitative estimate of drug-likeness (QED) is 0.753. The summed E-state index contributed by atoms with van der Waals surface area (Å²) in [6.07, 6.45) is 1.12. The lowest BCUT2D eigenvalue weighted by Gasteiger charge is -2.20. The van der Waals surface area contributed by atoms with Gasteiger partial charge in [0.1, 0.15) is 5.75 Å². The SMILES string of the molecule is COc1ccc(Br)c(CNCCCNC(C)(C)C)c1. The summed E-state index contributed by atoms with van der Waals surface area (Å²) in [5.74, 6) is 0.898. The molecule has 0 fully saturated rings. The third-order valence-electron chi connectivity index (χ3n) is 2.75. The van der Waals surface area contributed by atoms with Crippen LogP contribution in [0.4, 0.5) is 0 Å². The maximum Gasteiger partial charge on any atom is 0.119 e. The Balaban J connectivity index is 2.26. The molecule has 0 heterocycles. The Morgan fingerprint density at radius 1 is 1.21 bits per heavy atom. The lowest BCUT2D eigenvalue weighted by molar-refractivity contribution is 0.413. The van der Waals surface area contributed by atoms with Crippen molar-refractivity contribution in [3.05, 3.63) is 28.2 Å². The monoisotopic (exact) mass is 328 g/mol. The fraction of sp³-hybridized carbons (Fsp3) is 0.600. The smallest absolute Gasteiger partial charge is 0.119 e. The van der Waals surface area contributed by atoms with Gasteiger partial charge >= 0.3 is 0 Å². The molecule has 0 saturated heterocycles. The van der Waals surface area contributed by atoms with Crippen molar-refractivity contribution >= 4 is 15.9 Å². The maximum absolute atomic E-state index is 5.23. The van der Waals surface area contributed by atoms with Crippen molar-refractivity contribution in [1.82, 2.24) is 10.6 Å². The highest BCUT2D eigenvalue weighted by Gasteiger charge is 2.07. The molecule has 0 aliphatic carbocycles. The fourth-order valence-electron chi connectivity index (χ4n) is 1.71. The van der Waals surface area contributed by atoms with Crippen LogP contribution in [-0.4, -0.2) is 25.7 Å². The fourth-order valence-corrected chi connectivity index (χ4v) is 2.10. The van der Waals surface area contributed by atoms with Gasteiger partial charge in [-0.2, -0.15) is 0 Å². The average Bonchev–Trinajstić information content (AvgIpc) is 2.34. The topological polar surface area (TPSA) is 33.3 Å². The van der Waals surface area contributed by atoms with Gasteiger partial charge in [-0.25, -0.2) is 0 Å². The van der Waals surface area contributed by atoms with Crippen molar-refractivity contribution in [2.75, 3.05) is 20.2 Å². The Bertz CT molecular complexity index is 388. The Hall–Kier alpha value is -0.580. The summed E-state index contributed by atoms with van der Waals surface area (Å²) in [5.41, 5.74) is 1.43. The highest BCUT2D eigenvalue weighted by molar-refractivity contribution is 9.10. The van der Waals surface area contributed by atoms with Crippen LogP contribution < -0.4 is 15.4 Å². The third-order valence-corrected chi connectivity index (χ3v) is 3.53. The second-order valence-electron chi connectivity index (χ2n) is 5.66. The van der Waals surface area contributed by atoms with Crippen molar-refractivity contribution < 1.29 is 4.74 Å². The first kappa shape index (κ1) is 16.5. The first-order chi connectivity index (χ1) is 8.92. The molecule has 1 rings (SSSR count). The van der Waals surface area contributed by atoms with Gasteiger partial charge in [0.2, 0.25) is 0 Å². The first-order valence-electron chi connectivity index (χ1n) is 6.70. The molecule has 0 saturated carbocycles. The van der Waals surface area contributed by atoms with Crippen LogP contribution in [0, 0.1) is 0 Å². The summed E-state index contributed by atoms with van der Waals surface area (Å²) in [7, 11) is 1.69. The zero-order chi connectivity index (χ0) is 14.3. The molecule has 0 aliphatic rings. The number of benzene rings is 1. The molecule has 1 aromatic carbocycles. The van der Waals surface area contributed by atoms with Gasteiger partial charge < -0.3 is 15.4 Å². The van der Waals surface area contributed by atoms with Crippen molar-refractivity contribution in [3.63, 3.8) is 0 Å². The van der Waals surface area contributed by atoms with Crippen LogP contribution in [0.3, 0.4) is 0 Å². The van der Waals surface area contributed by atoms with Gasteiger partial charge in [-0.05, 0) is 64.0 Å². The van der Waals surface area contributed by atoms with Gasteiger partial charge in [0, 0.05) is 16.6 Å². The summed E-state index contributed by atoms with van der Waals surface area (Å²) < 4.78 is 6.35. The Morgan fingerprint density at radius 3 is 2.58 bits per heavy atom. The molecule has 0 radical (unpaired) electrons. The minimum absolute atomic E-state index is 0.204.